The van der Waals surface area contributed by atoms with E-state index in [1.165, 1.54) is 23.1 Å². The Labute approximate surface area is 158 Å². The fourth-order valence-corrected chi connectivity index (χ4v) is 3.62. The van der Waals surface area contributed by atoms with E-state index in [4.69, 9.17) is 9.68 Å². The molecule has 0 atom stereocenters. The highest BCUT2D eigenvalue weighted by atomic mass is 32.2. The third-order valence-corrected chi connectivity index (χ3v) is 5.23. The van der Waals surface area contributed by atoms with E-state index >= 15 is 0 Å². The summed E-state index contributed by atoms with van der Waals surface area (Å²) < 4.78 is 5.61. The normalized spacial score (nSPS) is 10.5. The molecule has 7 nitrogen and oxygen atoms in total. The first kappa shape index (κ1) is 18.1. The second-order valence-corrected chi connectivity index (χ2v) is 7.52. The van der Waals surface area contributed by atoms with Gasteiger partial charge in [-0.3, -0.25) is 4.79 Å². The third kappa shape index (κ3) is 4.47. The average molecular weight is 385 g/mol. The Balaban J connectivity index is 1.55. The summed E-state index contributed by atoms with van der Waals surface area (Å²) in [6, 6.07) is 9.26. The zero-order chi connectivity index (χ0) is 18.5. The van der Waals surface area contributed by atoms with Gasteiger partial charge in [0.2, 0.25) is 5.91 Å². The maximum Gasteiger partial charge on any atom is 0.277 e. The number of aryl methyl sites for hydroxylation is 2. The lowest BCUT2D eigenvalue weighted by Gasteiger charge is -2.04. The van der Waals surface area contributed by atoms with Gasteiger partial charge in [-0.2, -0.15) is 5.26 Å². The predicted molar refractivity (Wildman–Crippen MR) is 100.0 cm³/mol. The summed E-state index contributed by atoms with van der Waals surface area (Å²) in [5, 5.41) is 20.7. The van der Waals surface area contributed by atoms with Crippen LogP contribution in [0.1, 0.15) is 16.3 Å². The number of anilines is 1. The monoisotopic (exact) mass is 385 g/mol. The van der Waals surface area contributed by atoms with Crippen molar-refractivity contribution in [2.75, 3.05) is 11.1 Å². The maximum atomic E-state index is 12.0. The molecule has 0 radical (unpaired) electrons. The van der Waals surface area contributed by atoms with Gasteiger partial charge < -0.3 is 9.73 Å². The smallest absolute Gasteiger partial charge is 0.277 e. The third-order valence-electron chi connectivity index (χ3n) is 3.35. The summed E-state index contributed by atoms with van der Waals surface area (Å²) in [6.07, 6.45) is 0.350. The van der Waals surface area contributed by atoms with E-state index in [2.05, 4.69) is 26.6 Å². The predicted octanol–water partition coefficient (Wildman–Crippen LogP) is 3.61. The van der Waals surface area contributed by atoms with Crippen LogP contribution in [0.15, 0.2) is 33.9 Å². The number of thioether (sulfide) groups is 1. The second-order valence-electron chi connectivity index (χ2n) is 5.39. The van der Waals surface area contributed by atoms with Crippen molar-refractivity contribution in [1.82, 2.24) is 15.2 Å². The molecule has 0 spiro atoms. The first-order chi connectivity index (χ1) is 12.5. The van der Waals surface area contributed by atoms with Crippen LogP contribution in [0.4, 0.5) is 5.69 Å². The van der Waals surface area contributed by atoms with E-state index < -0.39 is 0 Å². The molecule has 2 aromatic heterocycles. The Morgan fingerprint density at radius 3 is 2.73 bits per heavy atom. The topological polar surface area (TPSA) is 105 Å². The number of rotatable bonds is 6. The highest BCUT2D eigenvalue weighted by molar-refractivity contribution is 7.99. The summed E-state index contributed by atoms with van der Waals surface area (Å²) in [6.45, 7) is 3.82. The molecular formula is C17H15N5O2S2. The number of carbonyl (C=O) groups excluding carboxylic acids is 1. The molecule has 0 fully saturated rings. The van der Waals surface area contributed by atoms with Crippen LogP contribution in [-0.4, -0.2) is 26.8 Å². The summed E-state index contributed by atoms with van der Waals surface area (Å²) in [5.74, 6) is 0.402. The lowest BCUT2D eigenvalue weighted by atomic mass is 10.1. The van der Waals surface area contributed by atoms with Crippen molar-refractivity contribution in [3.8, 4) is 16.8 Å². The molecule has 3 aromatic rings. The van der Waals surface area contributed by atoms with Crippen molar-refractivity contribution in [3.63, 3.8) is 0 Å². The largest absolute Gasteiger partial charge is 0.410 e. The molecule has 1 aromatic carbocycles. The number of carbonyl (C=O) groups is 1. The fraction of sp³-hybridized carbons (Fsp3) is 0.235. The molecule has 0 saturated carbocycles. The number of amides is 1. The molecule has 2 heterocycles. The van der Waals surface area contributed by atoms with Crippen LogP contribution in [-0.2, 0) is 11.2 Å². The number of nitrogens with zero attached hydrogens (tertiary/aromatic N) is 4. The molecule has 0 saturated heterocycles. The van der Waals surface area contributed by atoms with Gasteiger partial charge in [0.05, 0.1) is 28.9 Å². The van der Waals surface area contributed by atoms with Crippen LogP contribution in [0.25, 0.3) is 10.8 Å². The number of hydrogen-bond donors (Lipinski definition) is 1. The number of nitrogens with one attached hydrogen (secondary N) is 1. The minimum atomic E-state index is -0.174. The van der Waals surface area contributed by atoms with Gasteiger partial charge in [0.25, 0.3) is 11.1 Å². The van der Waals surface area contributed by atoms with Gasteiger partial charge in [-0.15, -0.1) is 21.5 Å². The van der Waals surface area contributed by atoms with Gasteiger partial charge in [0.1, 0.15) is 4.88 Å². The second kappa shape index (κ2) is 8.12. The molecule has 26 heavy (non-hydrogen) atoms. The highest BCUT2D eigenvalue weighted by Gasteiger charge is 2.16. The lowest BCUT2D eigenvalue weighted by Crippen LogP contribution is -2.13. The zero-order valence-corrected chi connectivity index (χ0v) is 15.8. The molecule has 0 aliphatic rings. The Hall–Kier alpha value is -2.70. The average Bonchev–Trinajstić information content (AvgIpc) is 3.21. The summed E-state index contributed by atoms with van der Waals surface area (Å²) in [7, 11) is 0. The Morgan fingerprint density at radius 1 is 1.31 bits per heavy atom. The first-order valence-electron chi connectivity index (χ1n) is 7.71. The number of benzene rings is 1. The minimum Gasteiger partial charge on any atom is -0.410 e. The molecule has 132 valence electrons. The van der Waals surface area contributed by atoms with Crippen molar-refractivity contribution in [3.05, 3.63) is 40.5 Å². The van der Waals surface area contributed by atoms with Gasteiger partial charge in [-0.1, -0.05) is 23.9 Å². The number of nitriles is 1. The van der Waals surface area contributed by atoms with E-state index in [1.54, 1.807) is 12.1 Å². The highest BCUT2D eigenvalue weighted by Crippen LogP contribution is 2.30. The van der Waals surface area contributed by atoms with Crippen LogP contribution >= 0.6 is 23.1 Å². The standard InChI is InChI=1S/C17H15N5O2S2/c1-10-15(26-11(2)19-10)16-21-22-17(24-16)25-9-14(23)20-13-5-3-12(4-6-13)7-8-18/h3-6H,7,9H2,1-2H3,(H,20,23). The molecule has 1 N–H and O–H groups in total. The Morgan fingerprint density at radius 2 is 2.08 bits per heavy atom. The molecule has 0 aliphatic heterocycles. The van der Waals surface area contributed by atoms with E-state index in [0.717, 1.165) is 21.1 Å². The number of thiazole rings is 1. The van der Waals surface area contributed by atoms with Crippen molar-refractivity contribution < 1.29 is 9.21 Å². The molecule has 0 bridgehead atoms. The summed E-state index contributed by atoms with van der Waals surface area (Å²) in [4.78, 5) is 17.2. The summed E-state index contributed by atoms with van der Waals surface area (Å²) in [5.41, 5.74) is 2.44. The van der Waals surface area contributed by atoms with E-state index in [-0.39, 0.29) is 11.7 Å². The van der Waals surface area contributed by atoms with Crippen LogP contribution in [0.5, 0.6) is 0 Å². The van der Waals surface area contributed by atoms with Gasteiger partial charge in [0.15, 0.2) is 0 Å². The lowest BCUT2D eigenvalue weighted by molar-refractivity contribution is -0.113. The van der Waals surface area contributed by atoms with Gasteiger partial charge in [-0.05, 0) is 31.5 Å². The zero-order valence-electron chi connectivity index (χ0n) is 14.1. The quantitative estimate of drug-likeness (QED) is 0.646. The molecule has 9 heteroatoms. The minimum absolute atomic E-state index is 0.155. The van der Waals surface area contributed by atoms with Crippen molar-refractivity contribution in [2.45, 2.75) is 25.5 Å². The van der Waals surface area contributed by atoms with Crippen molar-refractivity contribution in [2.24, 2.45) is 0 Å². The Bertz CT molecular complexity index is 956. The van der Waals surface area contributed by atoms with Crippen LogP contribution in [0.3, 0.4) is 0 Å². The van der Waals surface area contributed by atoms with Crippen LogP contribution < -0.4 is 5.32 Å². The van der Waals surface area contributed by atoms with Gasteiger partial charge in [-0.25, -0.2) is 4.98 Å². The van der Waals surface area contributed by atoms with E-state index in [1.807, 2.05) is 26.0 Å². The van der Waals surface area contributed by atoms with Gasteiger partial charge >= 0.3 is 0 Å². The molecular weight excluding hydrogens is 370 g/mol. The Kier molecular flexibility index (Phi) is 5.65. The van der Waals surface area contributed by atoms with E-state index in [0.29, 0.717) is 23.2 Å². The summed E-state index contributed by atoms with van der Waals surface area (Å²) >= 11 is 2.67. The van der Waals surface area contributed by atoms with Crippen molar-refractivity contribution >= 4 is 34.7 Å². The van der Waals surface area contributed by atoms with Crippen LogP contribution in [0, 0.1) is 25.2 Å². The van der Waals surface area contributed by atoms with Crippen LogP contribution in [0.2, 0.25) is 0 Å². The molecule has 3 rings (SSSR count). The van der Waals surface area contributed by atoms with Gasteiger partial charge in [0, 0.05) is 5.69 Å². The molecule has 1 amide bonds. The molecule has 0 unspecified atom stereocenters. The van der Waals surface area contributed by atoms with Crippen molar-refractivity contribution in [1.29, 1.82) is 5.26 Å². The first-order valence-corrected chi connectivity index (χ1v) is 9.52. The number of hydrogen-bond acceptors (Lipinski definition) is 8. The fourth-order valence-electron chi connectivity index (χ4n) is 2.21. The number of aromatic nitrogens is 3. The molecule has 0 aliphatic carbocycles. The SMILES string of the molecule is Cc1nc(C)c(-c2nnc(SCC(=O)Nc3ccc(CC#N)cc3)o2)s1. The maximum absolute atomic E-state index is 12.0. The van der Waals surface area contributed by atoms with E-state index in [9.17, 15) is 4.79 Å².